The van der Waals surface area contributed by atoms with Crippen LogP contribution >= 0.6 is 0 Å². The Labute approximate surface area is 182 Å². The van der Waals surface area contributed by atoms with Crippen LogP contribution in [0.5, 0.6) is 0 Å². The van der Waals surface area contributed by atoms with Crippen LogP contribution in [0.25, 0.3) is 0 Å². The number of fused-ring (bicyclic) bond motifs is 1. The van der Waals surface area contributed by atoms with Crippen molar-refractivity contribution in [1.29, 1.82) is 5.26 Å². The van der Waals surface area contributed by atoms with Gasteiger partial charge in [0.15, 0.2) is 0 Å². The van der Waals surface area contributed by atoms with Gasteiger partial charge in [-0.1, -0.05) is 31.2 Å². The highest BCUT2D eigenvalue weighted by Crippen LogP contribution is 2.26. The minimum atomic E-state index is -4.39. The van der Waals surface area contributed by atoms with Crippen LogP contribution in [0.1, 0.15) is 48.9 Å². The lowest BCUT2D eigenvalue weighted by Gasteiger charge is -2.21. The third-order valence-corrected chi connectivity index (χ3v) is 6.22. The highest BCUT2D eigenvalue weighted by atomic mass is 32.2. The topological polar surface area (TPSA) is 119 Å². The Bertz CT molecular complexity index is 1150. The number of hydrogen-bond donors (Lipinski definition) is 3. The Hall–Kier alpha value is -3.15. The maximum atomic E-state index is 12.5. The van der Waals surface area contributed by atoms with E-state index in [-0.39, 0.29) is 22.2 Å². The summed E-state index contributed by atoms with van der Waals surface area (Å²) in [5, 5.41) is 15.1. The van der Waals surface area contributed by atoms with Gasteiger partial charge < -0.3 is 10.6 Å². The number of nitrogens with zero attached hydrogens (tertiary/aromatic N) is 1. The Balaban J connectivity index is 1.73. The zero-order valence-corrected chi connectivity index (χ0v) is 18.1. The third-order valence-electron chi connectivity index (χ3n) is 5.37. The van der Waals surface area contributed by atoms with Gasteiger partial charge in [0.1, 0.15) is 11.6 Å². The molecular weight excluding hydrogens is 414 g/mol. The van der Waals surface area contributed by atoms with Crippen molar-refractivity contribution in [3.05, 3.63) is 70.9 Å². The number of carbonyl (C=O) groups is 1. The second-order valence-electron chi connectivity index (χ2n) is 7.49. The van der Waals surface area contributed by atoms with Crippen LogP contribution in [-0.2, 0) is 27.8 Å². The molecule has 0 spiro atoms. The molecule has 2 aromatic rings. The summed E-state index contributed by atoms with van der Waals surface area (Å²) in [7, 11) is -4.39. The first-order valence-electron chi connectivity index (χ1n) is 10.2. The smallest absolute Gasteiger partial charge is 0.294 e. The number of benzene rings is 2. The van der Waals surface area contributed by atoms with E-state index in [1.54, 1.807) is 0 Å². The molecule has 3 rings (SSSR count). The van der Waals surface area contributed by atoms with Gasteiger partial charge in [-0.15, -0.1) is 0 Å². The third kappa shape index (κ3) is 5.72. The first kappa shape index (κ1) is 22.5. The van der Waals surface area contributed by atoms with Gasteiger partial charge in [0.05, 0.1) is 10.9 Å². The SMILES string of the molecule is CCC(N/C=C(/C#N)C(=O)Nc1cccc(S(=O)(=O)O)c1)c1ccc2c(c1)CCCC2. The van der Waals surface area contributed by atoms with Crippen molar-refractivity contribution in [1.82, 2.24) is 5.32 Å². The Morgan fingerprint density at radius 1 is 1.19 bits per heavy atom. The standard InChI is InChI=1S/C23H25N3O4S/c1-2-22(18-11-10-16-6-3-4-7-17(16)12-18)25-15-19(14-24)23(27)26-20-8-5-9-21(13-20)31(28,29)30/h5,8-13,15,22,25H,2-4,6-7H2,1H3,(H,26,27)(H,28,29,30)/b19-15-. The molecular formula is C23H25N3O4S. The Kier molecular flexibility index (Phi) is 7.10. The zero-order chi connectivity index (χ0) is 22.4. The molecule has 0 radical (unpaired) electrons. The average Bonchev–Trinajstić information content (AvgIpc) is 2.76. The molecule has 0 bridgehead atoms. The lowest BCUT2D eigenvalue weighted by Crippen LogP contribution is -2.20. The van der Waals surface area contributed by atoms with Crippen LogP contribution in [0, 0.1) is 11.3 Å². The number of amides is 1. The van der Waals surface area contributed by atoms with Crippen LogP contribution in [0.3, 0.4) is 0 Å². The number of anilines is 1. The summed E-state index contributed by atoms with van der Waals surface area (Å²) in [6.45, 7) is 2.03. The van der Waals surface area contributed by atoms with E-state index in [0.29, 0.717) is 0 Å². The molecule has 8 heteroatoms. The van der Waals surface area contributed by atoms with Crippen molar-refractivity contribution < 1.29 is 17.8 Å². The second-order valence-corrected chi connectivity index (χ2v) is 8.91. The van der Waals surface area contributed by atoms with Crippen molar-refractivity contribution in [2.45, 2.75) is 50.0 Å². The first-order chi connectivity index (χ1) is 14.8. The zero-order valence-electron chi connectivity index (χ0n) is 17.3. The van der Waals surface area contributed by atoms with Crippen LogP contribution in [0.4, 0.5) is 5.69 Å². The minimum absolute atomic E-state index is 0.0498. The average molecular weight is 440 g/mol. The number of hydrogen-bond acceptors (Lipinski definition) is 5. The van der Waals surface area contributed by atoms with Gasteiger partial charge >= 0.3 is 0 Å². The summed E-state index contributed by atoms with van der Waals surface area (Å²) in [6, 6.07) is 13.5. The molecule has 0 aliphatic heterocycles. The predicted octanol–water partition coefficient (Wildman–Crippen LogP) is 3.90. The van der Waals surface area contributed by atoms with Crippen molar-refractivity contribution in [3.63, 3.8) is 0 Å². The fraction of sp³-hybridized carbons (Fsp3) is 0.304. The Morgan fingerprint density at radius 3 is 2.61 bits per heavy atom. The summed E-state index contributed by atoms with van der Waals surface area (Å²) in [4.78, 5) is 12.1. The molecule has 0 saturated carbocycles. The monoisotopic (exact) mass is 439 g/mol. The normalized spacial score (nSPS) is 14.8. The number of aryl methyl sites for hydroxylation is 2. The van der Waals surface area contributed by atoms with E-state index in [2.05, 4.69) is 28.8 Å². The summed E-state index contributed by atoms with van der Waals surface area (Å²) in [6.07, 6.45) is 6.75. The summed E-state index contributed by atoms with van der Waals surface area (Å²) < 4.78 is 31.7. The van der Waals surface area contributed by atoms with Gasteiger partial charge in [0, 0.05) is 11.9 Å². The first-order valence-corrected chi connectivity index (χ1v) is 11.6. The molecule has 1 amide bonds. The van der Waals surface area contributed by atoms with E-state index >= 15 is 0 Å². The fourth-order valence-electron chi connectivity index (χ4n) is 3.69. The molecule has 0 aromatic heterocycles. The van der Waals surface area contributed by atoms with Crippen molar-refractivity contribution in [3.8, 4) is 6.07 Å². The summed E-state index contributed by atoms with van der Waals surface area (Å²) in [5.41, 5.74) is 3.88. The van der Waals surface area contributed by atoms with Crippen LogP contribution in [-0.4, -0.2) is 18.9 Å². The lowest BCUT2D eigenvalue weighted by atomic mass is 9.89. The Morgan fingerprint density at radius 2 is 1.94 bits per heavy atom. The number of nitrogens with one attached hydrogen (secondary N) is 2. The van der Waals surface area contributed by atoms with Gasteiger partial charge in [0.25, 0.3) is 16.0 Å². The molecule has 1 aliphatic rings. The molecule has 2 aromatic carbocycles. The van der Waals surface area contributed by atoms with E-state index in [0.717, 1.165) is 30.9 Å². The van der Waals surface area contributed by atoms with Crippen molar-refractivity contribution in [2.24, 2.45) is 0 Å². The summed E-state index contributed by atoms with van der Waals surface area (Å²) in [5.74, 6) is -0.678. The molecule has 3 N–H and O–H groups in total. The quantitative estimate of drug-likeness (QED) is 0.342. The van der Waals surface area contributed by atoms with Gasteiger partial charge in [-0.05, 0) is 67.0 Å². The molecule has 1 unspecified atom stereocenters. The lowest BCUT2D eigenvalue weighted by molar-refractivity contribution is -0.112. The van der Waals surface area contributed by atoms with Crippen LogP contribution in [0.15, 0.2) is 59.1 Å². The van der Waals surface area contributed by atoms with Crippen molar-refractivity contribution in [2.75, 3.05) is 5.32 Å². The molecule has 7 nitrogen and oxygen atoms in total. The van der Waals surface area contributed by atoms with E-state index in [1.807, 2.05) is 13.0 Å². The molecule has 1 atom stereocenters. The maximum Gasteiger partial charge on any atom is 0.294 e. The highest BCUT2D eigenvalue weighted by molar-refractivity contribution is 7.85. The highest BCUT2D eigenvalue weighted by Gasteiger charge is 2.16. The van der Waals surface area contributed by atoms with E-state index in [4.69, 9.17) is 4.55 Å². The molecule has 1 aliphatic carbocycles. The van der Waals surface area contributed by atoms with Gasteiger partial charge in [-0.3, -0.25) is 9.35 Å². The maximum absolute atomic E-state index is 12.5. The molecule has 0 fully saturated rings. The van der Waals surface area contributed by atoms with Crippen LogP contribution in [0.2, 0.25) is 0 Å². The van der Waals surface area contributed by atoms with Gasteiger partial charge in [-0.2, -0.15) is 13.7 Å². The molecule has 162 valence electrons. The number of rotatable bonds is 7. The van der Waals surface area contributed by atoms with E-state index in [9.17, 15) is 18.5 Å². The summed E-state index contributed by atoms with van der Waals surface area (Å²) >= 11 is 0. The minimum Gasteiger partial charge on any atom is -0.383 e. The van der Waals surface area contributed by atoms with Crippen LogP contribution < -0.4 is 10.6 Å². The van der Waals surface area contributed by atoms with Gasteiger partial charge in [-0.25, -0.2) is 0 Å². The van der Waals surface area contributed by atoms with E-state index < -0.39 is 16.0 Å². The number of nitriles is 1. The van der Waals surface area contributed by atoms with Crippen molar-refractivity contribution >= 4 is 21.7 Å². The molecule has 31 heavy (non-hydrogen) atoms. The predicted molar refractivity (Wildman–Crippen MR) is 118 cm³/mol. The number of carbonyl (C=O) groups excluding carboxylic acids is 1. The van der Waals surface area contributed by atoms with E-state index in [1.165, 1.54) is 48.4 Å². The largest absolute Gasteiger partial charge is 0.383 e. The second kappa shape index (κ2) is 9.77. The molecule has 0 heterocycles. The molecule has 0 saturated heterocycles. The van der Waals surface area contributed by atoms with Gasteiger partial charge in [0.2, 0.25) is 0 Å². The fourth-order valence-corrected chi connectivity index (χ4v) is 4.21.